The van der Waals surface area contributed by atoms with E-state index in [2.05, 4.69) is 6.07 Å². The number of hydrogen-bond donors (Lipinski definition) is 0. The standard InChI is InChI=1S/C26H23NO3/c1-17-7-9-20(10-8-17)25(28)23-16-27(15-19-6-4-5-18(2)13-19)24-12-11-21(30-3)14-22(24)26(23)29/h4-14,16H,15H2,1-3H3. The molecule has 0 atom stereocenters. The maximum Gasteiger partial charge on any atom is 0.200 e. The lowest BCUT2D eigenvalue weighted by molar-refractivity contribution is 0.103. The number of carbonyl (C=O) groups excluding carboxylic acids is 1. The second kappa shape index (κ2) is 7.99. The second-order valence-electron chi connectivity index (χ2n) is 7.57. The molecule has 4 rings (SSSR count). The lowest BCUT2D eigenvalue weighted by Crippen LogP contribution is -2.20. The molecule has 150 valence electrons. The fourth-order valence-corrected chi connectivity index (χ4v) is 3.66. The van der Waals surface area contributed by atoms with E-state index in [9.17, 15) is 9.59 Å². The van der Waals surface area contributed by atoms with Gasteiger partial charge in [0.1, 0.15) is 5.75 Å². The molecule has 0 amide bonds. The molecule has 4 heteroatoms. The van der Waals surface area contributed by atoms with E-state index in [0.29, 0.717) is 23.2 Å². The van der Waals surface area contributed by atoms with E-state index in [4.69, 9.17) is 4.74 Å². The summed E-state index contributed by atoms with van der Waals surface area (Å²) in [5.41, 5.74) is 4.47. The van der Waals surface area contributed by atoms with Gasteiger partial charge >= 0.3 is 0 Å². The number of carbonyl (C=O) groups is 1. The summed E-state index contributed by atoms with van der Waals surface area (Å²) < 4.78 is 7.28. The van der Waals surface area contributed by atoms with E-state index in [0.717, 1.165) is 22.2 Å². The van der Waals surface area contributed by atoms with Gasteiger partial charge in [0, 0.05) is 18.3 Å². The van der Waals surface area contributed by atoms with Crippen LogP contribution < -0.4 is 10.2 Å². The van der Waals surface area contributed by atoms with Crippen LogP contribution in [0.25, 0.3) is 10.9 Å². The third-order valence-electron chi connectivity index (χ3n) is 5.28. The van der Waals surface area contributed by atoms with Gasteiger partial charge in [-0.05, 0) is 37.6 Å². The van der Waals surface area contributed by atoms with Gasteiger partial charge in [0.15, 0.2) is 5.78 Å². The van der Waals surface area contributed by atoms with E-state index in [1.54, 1.807) is 31.5 Å². The first kappa shape index (κ1) is 19.6. The number of benzene rings is 3. The van der Waals surface area contributed by atoms with Gasteiger partial charge in [-0.3, -0.25) is 9.59 Å². The summed E-state index contributed by atoms with van der Waals surface area (Å²) in [5, 5.41) is 0.472. The molecular weight excluding hydrogens is 374 g/mol. The van der Waals surface area contributed by atoms with Crippen LogP contribution in [-0.4, -0.2) is 17.5 Å². The van der Waals surface area contributed by atoms with Crippen molar-refractivity contribution in [1.82, 2.24) is 4.57 Å². The van der Waals surface area contributed by atoms with E-state index >= 15 is 0 Å². The molecule has 0 aliphatic carbocycles. The van der Waals surface area contributed by atoms with Crippen LogP contribution in [0.15, 0.2) is 77.7 Å². The zero-order chi connectivity index (χ0) is 21.3. The molecule has 1 aromatic heterocycles. The fourth-order valence-electron chi connectivity index (χ4n) is 3.66. The summed E-state index contributed by atoms with van der Waals surface area (Å²) in [4.78, 5) is 26.4. The zero-order valence-corrected chi connectivity index (χ0v) is 17.3. The highest BCUT2D eigenvalue weighted by molar-refractivity contribution is 6.10. The molecule has 0 radical (unpaired) electrons. The Balaban J connectivity index is 1.91. The SMILES string of the molecule is COc1ccc2c(c1)c(=O)c(C(=O)c1ccc(C)cc1)cn2Cc1cccc(C)c1. The molecule has 4 nitrogen and oxygen atoms in total. The van der Waals surface area contributed by atoms with Gasteiger partial charge in [0.25, 0.3) is 0 Å². The molecule has 0 N–H and O–H groups in total. The van der Waals surface area contributed by atoms with Crippen molar-refractivity contribution in [1.29, 1.82) is 0 Å². The first-order chi connectivity index (χ1) is 14.5. The van der Waals surface area contributed by atoms with Crippen LogP contribution in [0.1, 0.15) is 32.6 Å². The number of fused-ring (bicyclic) bond motifs is 1. The van der Waals surface area contributed by atoms with E-state index in [1.165, 1.54) is 0 Å². The third kappa shape index (κ3) is 3.77. The van der Waals surface area contributed by atoms with Crippen molar-refractivity contribution in [2.75, 3.05) is 7.11 Å². The molecular formula is C26H23NO3. The Bertz CT molecular complexity index is 1300. The predicted octanol–water partition coefficient (Wildman–Crippen LogP) is 4.91. The van der Waals surface area contributed by atoms with Crippen molar-refractivity contribution in [3.8, 4) is 5.75 Å². The Morgan fingerprint density at radius 3 is 2.40 bits per heavy atom. The van der Waals surface area contributed by atoms with Gasteiger partial charge in [0.2, 0.25) is 5.43 Å². The Hall–Kier alpha value is -3.66. The average molecular weight is 397 g/mol. The molecule has 1 heterocycles. The molecule has 0 spiro atoms. The molecule has 4 aromatic rings. The third-order valence-corrected chi connectivity index (χ3v) is 5.28. The summed E-state index contributed by atoms with van der Waals surface area (Å²) in [6.45, 7) is 4.56. The minimum Gasteiger partial charge on any atom is -0.497 e. The normalized spacial score (nSPS) is 10.9. The van der Waals surface area contributed by atoms with E-state index in [1.807, 2.05) is 60.9 Å². The molecule has 0 aliphatic heterocycles. The van der Waals surface area contributed by atoms with Crippen LogP contribution in [0.3, 0.4) is 0 Å². The van der Waals surface area contributed by atoms with Crippen LogP contribution in [0.5, 0.6) is 5.75 Å². The Labute approximate surface area is 175 Å². The quantitative estimate of drug-likeness (QED) is 0.450. The highest BCUT2D eigenvalue weighted by Crippen LogP contribution is 2.21. The maximum atomic E-state index is 13.2. The molecule has 3 aromatic carbocycles. The van der Waals surface area contributed by atoms with Crippen LogP contribution in [0.4, 0.5) is 0 Å². The number of hydrogen-bond acceptors (Lipinski definition) is 3. The highest BCUT2D eigenvalue weighted by atomic mass is 16.5. The van der Waals surface area contributed by atoms with Crippen molar-refractivity contribution < 1.29 is 9.53 Å². The number of methoxy groups -OCH3 is 1. The molecule has 30 heavy (non-hydrogen) atoms. The number of aromatic nitrogens is 1. The number of pyridine rings is 1. The van der Waals surface area contributed by atoms with Crippen molar-refractivity contribution in [3.05, 3.63) is 111 Å². The van der Waals surface area contributed by atoms with Gasteiger partial charge in [-0.25, -0.2) is 0 Å². The van der Waals surface area contributed by atoms with Crippen molar-refractivity contribution >= 4 is 16.7 Å². The molecule has 0 saturated heterocycles. The van der Waals surface area contributed by atoms with Crippen LogP contribution >= 0.6 is 0 Å². The van der Waals surface area contributed by atoms with Crippen molar-refractivity contribution in [2.45, 2.75) is 20.4 Å². The van der Waals surface area contributed by atoms with Crippen LogP contribution in [0.2, 0.25) is 0 Å². The minimum absolute atomic E-state index is 0.159. The van der Waals surface area contributed by atoms with Crippen molar-refractivity contribution in [2.24, 2.45) is 0 Å². The van der Waals surface area contributed by atoms with Gasteiger partial charge in [-0.15, -0.1) is 0 Å². The zero-order valence-electron chi connectivity index (χ0n) is 17.3. The summed E-state index contributed by atoms with van der Waals surface area (Å²) >= 11 is 0. The lowest BCUT2D eigenvalue weighted by atomic mass is 10.0. The number of aryl methyl sites for hydroxylation is 2. The van der Waals surface area contributed by atoms with Crippen molar-refractivity contribution in [3.63, 3.8) is 0 Å². The predicted molar refractivity (Wildman–Crippen MR) is 120 cm³/mol. The van der Waals surface area contributed by atoms with Gasteiger partial charge in [-0.2, -0.15) is 0 Å². The number of ether oxygens (including phenoxy) is 1. The lowest BCUT2D eigenvalue weighted by Gasteiger charge is -2.15. The number of nitrogens with zero attached hydrogens (tertiary/aromatic N) is 1. The number of ketones is 1. The summed E-state index contributed by atoms with van der Waals surface area (Å²) in [7, 11) is 1.56. The van der Waals surface area contributed by atoms with E-state index in [-0.39, 0.29) is 16.8 Å². The highest BCUT2D eigenvalue weighted by Gasteiger charge is 2.18. The maximum absolute atomic E-state index is 13.2. The van der Waals surface area contributed by atoms with E-state index < -0.39 is 0 Å². The Morgan fingerprint density at radius 1 is 0.933 bits per heavy atom. The molecule has 0 aliphatic rings. The molecule has 0 fully saturated rings. The first-order valence-electron chi connectivity index (χ1n) is 9.84. The fraction of sp³-hybridized carbons (Fsp3) is 0.154. The summed E-state index contributed by atoms with van der Waals surface area (Å²) in [5.74, 6) is 0.310. The number of rotatable bonds is 5. The first-order valence-corrected chi connectivity index (χ1v) is 9.84. The van der Waals surface area contributed by atoms with Gasteiger partial charge < -0.3 is 9.30 Å². The largest absolute Gasteiger partial charge is 0.497 e. The topological polar surface area (TPSA) is 48.3 Å². The van der Waals surface area contributed by atoms with Crippen LogP contribution in [-0.2, 0) is 6.54 Å². The Kier molecular flexibility index (Phi) is 5.23. The summed E-state index contributed by atoms with van der Waals surface area (Å²) in [6, 6.07) is 20.9. The molecule has 0 unspecified atom stereocenters. The molecule has 0 bridgehead atoms. The van der Waals surface area contributed by atoms with Gasteiger partial charge in [-0.1, -0.05) is 59.7 Å². The van der Waals surface area contributed by atoms with Gasteiger partial charge in [0.05, 0.1) is 23.6 Å². The molecule has 0 saturated carbocycles. The van der Waals surface area contributed by atoms with Crippen LogP contribution in [0, 0.1) is 13.8 Å². The average Bonchev–Trinajstić information content (AvgIpc) is 2.75. The Morgan fingerprint density at radius 2 is 1.70 bits per heavy atom. The smallest absolute Gasteiger partial charge is 0.200 e. The minimum atomic E-state index is -0.282. The second-order valence-corrected chi connectivity index (χ2v) is 7.57. The summed E-state index contributed by atoms with van der Waals surface area (Å²) in [6.07, 6.45) is 1.68. The monoisotopic (exact) mass is 397 g/mol.